The van der Waals surface area contributed by atoms with Crippen LogP contribution in [0.5, 0.6) is 0 Å². The first-order chi connectivity index (χ1) is 9.38. The highest BCUT2D eigenvalue weighted by atomic mass is 15.3. The highest BCUT2D eigenvalue weighted by Crippen LogP contribution is 2.22. The fourth-order valence-corrected chi connectivity index (χ4v) is 2.01. The van der Waals surface area contributed by atoms with Gasteiger partial charge in [-0.1, -0.05) is 30.3 Å². The van der Waals surface area contributed by atoms with E-state index >= 15 is 0 Å². The average Bonchev–Trinajstić information content (AvgIpc) is 2.98. The molecule has 0 N–H and O–H groups in total. The maximum absolute atomic E-state index is 8.82. The third kappa shape index (κ3) is 2.12. The second-order valence-electron chi connectivity index (χ2n) is 4.15. The van der Waals surface area contributed by atoms with Gasteiger partial charge in [0, 0.05) is 5.56 Å². The van der Waals surface area contributed by atoms with E-state index in [4.69, 9.17) is 5.26 Å². The molecule has 3 rings (SSSR count). The number of nitrogens with zero attached hydrogens (tertiary/aromatic N) is 3. The standard InChI is InChI=1S/C16H11N3/c17-12-13-6-8-15(9-7-13)19-16(10-11-18-19)14-4-2-1-3-5-14/h1-11H. The highest BCUT2D eigenvalue weighted by Gasteiger charge is 2.06. The minimum Gasteiger partial charge on any atom is -0.233 e. The van der Waals surface area contributed by atoms with Crippen LogP contribution in [0.25, 0.3) is 16.9 Å². The topological polar surface area (TPSA) is 41.6 Å². The van der Waals surface area contributed by atoms with Crippen molar-refractivity contribution >= 4 is 0 Å². The predicted octanol–water partition coefficient (Wildman–Crippen LogP) is 3.41. The van der Waals surface area contributed by atoms with Gasteiger partial charge < -0.3 is 0 Å². The molecule has 0 aliphatic carbocycles. The minimum atomic E-state index is 0.650. The number of hydrogen-bond acceptors (Lipinski definition) is 2. The van der Waals surface area contributed by atoms with E-state index in [2.05, 4.69) is 23.3 Å². The summed E-state index contributed by atoms with van der Waals surface area (Å²) in [4.78, 5) is 0. The Bertz CT molecular complexity index is 719. The van der Waals surface area contributed by atoms with Gasteiger partial charge >= 0.3 is 0 Å². The summed E-state index contributed by atoms with van der Waals surface area (Å²) in [5.41, 5.74) is 3.75. The fraction of sp³-hybridized carbons (Fsp3) is 0. The van der Waals surface area contributed by atoms with Gasteiger partial charge in [-0.25, -0.2) is 4.68 Å². The molecule has 0 fully saturated rings. The fourth-order valence-electron chi connectivity index (χ4n) is 2.01. The Kier molecular flexibility index (Phi) is 2.83. The minimum absolute atomic E-state index is 0.650. The lowest BCUT2D eigenvalue weighted by molar-refractivity contribution is 0.888. The summed E-state index contributed by atoms with van der Waals surface area (Å²) >= 11 is 0. The lowest BCUT2D eigenvalue weighted by Gasteiger charge is -2.07. The normalized spacial score (nSPS) is 10.1. The van der Waals surface area contributed by atoms with Crippen LogP contribution in [-0.4, -0.2) is 9.78 Å². The molecule has 0 aliphatic rings. The molecule has 0 aliphatic heterocycles. The van der Waals surface area contributed by atoms with Gasteiger partial charge in [-0.2, -0.15) is 10.4 Å². The predicted molar refractivity (Wildman–Crippen MR) is 73.7 cm³/mol. The van der Waals surface area contributed by atoms with Crippen molar-refractivity contribution in [2.75, 3.05) is 0 Å². The molecule has 0 unspecified atom stereocenters. The van der Waals surface area contributed by atoms with Crippen molar-refractivity contribution < 1.29 is 0 Å². The van der Waals surface area contributed by atoms with Gasteiger partial charge in [0.1, 0.15) is 0 Å². The first-order valence-corrected chi connectivity index (χ1v) is 5.98. The van der Waals surface area contributed by atoms with Gasteiger partial charge in [-0.05, 0) is 30.3 Å². The van der Waals surface area contributed by atoms with Crippen LogP contribution in [0.3, 0.4) is 0 Å². The third-order valence-electron chi connectivity index (χ3n) is 2.95. The molecule has 0 amide bonds. The Hall–Kier alpha value is -2.86. The van der Waals surface area contributed by atoms with E-state index in [0.717, 1.165) is 16.9 Å². The van der Waals surface area contributed by atoms with Crippen LogP contribution in [0.1, 0.15) is 5.56 Å². The van der Waals surface area contributed by atoms with Crippen molar-refractivity contribution in [1.29, 1.82) is 5.26 Å². The van der Waals surface area contributed by atoms with E-state index in [1.54, 1.807) is 18.3 Å². The van der Waals surface area contributed by atoms with E-state index in [-0.39, 0.29) is 0 Å². The Morgan fingerprint density at radius 3 is 2.32 bits per heavy atom. The molecule has 3 heteroatoms. The summed E-state index contributed by atoms with van der Waals surface area (Å²) < 4.78 is 1.87. The van der Waals surface area contributed by atoms with E-state index in [1.165, 1.54) is 0 Å². The van der Waals surface area contributed by atoms with E-state index in [0.29, 0.717) is 5.56 Å². The Labute approximate surface area is 111 Å². The summed E-state index contributed by atoms with van der Waals surface area (Å²) in [5.74, 6) is 0. The smallest absolute Gasteiger partial charge is 0.0991 e. The van der Waals surface area contributed by atoms with Crippen molar-refractivity contribution in [3.63, 3.8) is 0 Å². The second-order valence-corrected chi connectivity index (χ2v) is 4.15. The molecule has 0 atom stereocenters. The lowest BCUT2D eigenvalue weighted by atomic mass is 10.1. The summed E-state index contributed by atoms with van der Waals surface area (Å²) in [6.45, 7) is 0. The van der Waals surface area contributed by atoms with E-state index in [1.807, 2.05) is 41.1 Å². The molecule has 3 aromatic rings. The van der Waals surface area contributed by atoms with Gasteiger partial charge in [-0.3, -0.25) is 0 Å². The lowest BCUT2D eigenvalue weighted by Crippen LogP contribution is -1.98. The Balaban J connectivity index is 2.07. The summed E-state index contributed by atoms with van der Waals surface area (Å²) in [6.07, 6.45) is 1.78. The van der Waals surface area contributed by atoms with Crippen LogP contribution in [0.15, 0.2) is 66.9 Å². The van der Waals surface area contributed by atoms with Crippen LogP contribution in [0.2, 0.25) is 0 Å². The van der Waals surface area contributed by atoms with Gasteiger partial charge in [0.2, 0.25) is 0 Å². The van der Waals surface area contributed by atoms with Crippen LogP contribution < -0.4 is 0 Å². The van der Waals surface area contributed by atoms with Gasteiger partial charge in [0.05, 0.1) is 29.2 Å². The zero-order chi connectivity index (χ0) is 13.1. The number of hydrogen-bond donors (Lipinski definition) is 0. The molecular formula is C16H11N3. The Morgan fingerprint density at radius 2 is 1.63 bits per heavy atom. The molecule has 0 radical (unpaired) electrons. The molecule has 1 heterocycles. The largest absolute Gasteiger partial charge is 0.233 e. The quantitative estimate of drug-likeness (QED) is 0.694. The summed E-state index contributed by atoms with van der Waals surface area (Å²) in [6, 6.07) is 21.6. The molecule has 1 aromatic heterocycles. The van der Waals surface area contributed by atoms with E-state index < -0.39 is 0 Å². The van der Waals surface area contributed by atoms with Crippen LogP contribution >= 0.6 is 0 Å². The molecular weight excluding hydrogens is 234 g/mol. The zero-order valence-corrected chi connectivity index (χ0v) is 10.2. The zero-order valence-electron chi connectivity index (χ0n) is 10.2. The molecule has 3 nitrogen and oxygen atoms in total. The molecule has 90 valence electrons. The highest BCUT2D eigenvalue weighted by molar-refractivity contribution is 5.61. The molecule has 0 saturated carbocycles. The maximum Gasteiger partial charge on any atom is 0.0991 e. The number of rotatable bonds is 2. The maximum atomic E-state index is 8.82. The number of nitriles is 1. The SMILES string of the molecule is N#Cc1ccc(-n2nccc2-c2ccccc2)cc1. The molecule has 0 spiro atoms. The second kappa shape index (κ2) is 4.79. The number of benzene rings is 2. The van der Waals surface area contributed by atoms with Crippen LogP contribution in [0.4, 0.5) is 0 Å². The van der Waals surface area contributed by atoms with Crippen LogP contribution in [-0.2, 0) is 0 Å². The van der Waals surface area contributed by atoms with E-state index in [9.17, 15) is 0 Å². The molecule has 0 saturated heterocycles. The van der Waals surface area contributed by atoms with Gasteiger partial charge in [0.15, 0.2) is 0 Å². The van der Waals surface area contributed by atoms with Crippen molar-refractivity contribution in [3.8, 4) is 23.0 Å². The van der Waals surface area contributed by atoms with Crippen molar-refractivity contribution in [3.05, 3.63) is 72.4 Å². The van der Waals surface area contributed by atoms with Gasteiger partial charge in [0.25, 0.3) is 0 Å². The van der Waals surface area contributed by atoms with Crippen molar-refractivity contribution in [2.24, 2.45) is 0 Å². The molecule has 19 heavy (non-hydrogen) atoms. The first-order valence-electron chi connectivity index (χ1n) is 5.98. The molecule has 2 aromatic carbocycles. The first kappa shape index (κ1) is 11.2. The Morgan fingerprint density at radius 1 is 0.895 bits per heavy atom. The van der Waals surface area contributed by atoms with Crippen molar-refractivity contribution in [2.45, 2.75) is 0 Å². The molecule has 0 bridgehead atoms. The summed E-state index contributed by atoms with van der Waals surface area (Å²) in [7, 11) is 0. The third-order valence-corrected chi connectivity index (χ3v) is 2.95. The number of aromatic nitrogens is 2. The van der Waals surface area contributed by atoms with Gasteiger partial charge in [-0.15, -0.1) is 0 Å². The average molecular weight is 245 g/mol. The van der Waals surface area contributed by atoms with Crippen molar-refractivity contribution in [1.82, 2.24) is 9.78 Å². The monoisotopic (exact) mass is 245 g/mol. The van der Waals surface area contributed by atoms with Crippen LogP contribution in [0, 0.1) is 11.3 Å². The summed E-state index contributed by atoms with van der Waals surface area (Å²) in [5, 5.41) is 13.2.